The lowest BCUT2D eigenvalue weighted by molar-refractivity contribution is 0.00968. The van der Waals surface area contributed by atoms with Gasteiger partial charge in [-0.25, -0.2) is 0 Å². The van der Waals surface area contributed by atoms with Crippen molar-refractivity contribution in [2.75, 3.05) is 33.9 Å². The highest BCUT2D eigenvalue weighted by atomic mass is 16.5. The van der Waals surface area contributed by atoms with Gasteiger partial charge in [-0.1, -0.05) is 0 Å². The molecule has 0 amide bonds. The van der Waals surface area contributed by atoms with Crippen LogP contribution in [-0.4, -0.2) is 49.5 Å². The second-order valence-corrected chi connectivity index (χ2v) is 4.48. The van der Waals surface area contributed by atoms with Crippen molar-refractivity contribution in [2.45, 2.75) is 37.7 Å². The summed E-state index contributed by atoms with van der Waals surface area (Å²) in [5.41, 5.74) is -0.427. The Labute approximate surface area is 87.1 Å². The first-order valence-corrected chi connectivity index (χ1v) is 5.56. The summed E-state index contributed by atoms with van der Waals surface area (Å²) in [4.78, 5) is 2.30. The van der Waals surface area contributed by atoms with E-state index >= 15 is 0 Å². The van der Waals surface area contributed by atoms with Crippen molar-refractivity contribution in [2.24, 2.45) is 0 Å². The molecule has 0 aromatic heterocycles. The number of ether oxygens (including phenoxy) is 1. The molecule has 1 unspecified atom stereocenters. The van der Waals surface area contributed by atoms with Crippen molar-refractivity contribution in [3.05, 3.63) is 0 Å². The summed E-state index contributed by atoms with van der Waals surface area (Å²) in [5.74, 6) is 0. The molecule has 1 N–H and O–H groups in total. The van der Waals surface area contributed by atoms with E-state index in [0.29, 0.717) is 0 Å². The standard InChI is InChI=1S/C11H23NO2/c1-12-8-3-5-11(13,7-9-12)6-4-10-14-2/h13H,3-10H2,1-2H3. The van der Waals surface area contributed by atoms with Gasteiger partial charge in [0.2, 0.25) is 0 Å². The zero-order valence-corrected chi connectivity index (χ0v) is 9.46. The van der Waals surface area contributed by atoms with Crippen LogP contribution in [0.15, 0.2) is 0 Å². The summed E-state index contributed by atoms with van der Waals surface area (Å²) >= 11 is 0. The molecular formula is C11H23NO2. The van der Waals surface area contributed by atoms with Crippen LogP contribution in [0.3, 0.4) is 0 Å². The van der Waals surface area contributed by atoms with Gasteiger partial charge in [-0.15, -0.1) is 0 Å². The van der Waals surface area contributed by atoms with Crippen LogP contribution in [0.4, 0.5) is 0 Å². The second-order valence-electron chi connectivity index (χ2n) is 4.48. The van der Waals surface area contributed by atoms with E-state index in [2.05, 4.69) is 11.9 Å². The Kier molecular flexibility index (Phi) is 4.85. The van der Waals surface area contributed by atoms with Gasteiger partial charge in [0.05, 0.1) is 5.60 Å². The molecule has 3 nitrogen and oxygen atoms in total. The fourth-order valence-electron chi connectivity index (χ4n) is 2.11. The Hall–Kier alpha value is -0.120. The molecule has 0 bridgehead atoms. The molecule has 1 atom stereocenters. The van der Waals surface area contributed by atoms with Gasteiger partial charge in [-0.05, 0) is 45.7 Å². The molecule has 1 aliphatic rings. The Morgan fingerprint density at radius 3 is 2.86 bits per heavy atom. The lowest BCUT2D eigenvalue weighted by atomic mass is 9.90. The van der Waals surface area contributed by atoms with E-state index < -0.39 is 5.60 Å². The molecule has 3 heteroatoms. The highest BCUT2D eigenvalue weighted by Gasteiger charge is 2.28. The minimum atomic E-state index is -0.427. The predicted octanol–water partition coefficient (Wildman–Crippen LogP) is 1.26. The fourth-order valence-corrected chi connectivity index (χ4v) is 2.11. The van der Waals surface area contributed by atoms with Gasteiger partial charge >= 0.3 is 0 Å². The first-order valence-electron chi connectivity index (χ1n) is 5.56. The monoisotopic (exact) mass is 201 g/mol. The summed E-state index contributed by atoms with van der Waals surface area (Å²) in [6.07, 6.45) is 4.82. The average molecular weight is 201 g/mol. The topological polar surface area (TPSA) is 32.7 Å². The summed E-state index contributed by atoms with van der Waals surface area (Å²) in [6, 6.07) is 0. The van der Waals surface area contributed by atoms with Gasteiger partial charge in [0.25, 0.3) is 0 Å². The van der Waals surface area contributed by atoms with Crippen LogP contribution in [0.5, 0.6) is 0 Å². The second kappa shape index (κ2) is 5.69. The number of likely N-dealkylation sites (tertiary alicyclic amines) is 1. The van der Waals surface area contributed by atoms with Gasteiger partial charge in [0, 0.05) is 20.3 Å². The number of rotatable bonds is 4. The Morgan fingerprint density at radius 1 is 1.36 bits per heavy atom. The van der Waals surface area contributed by atoms with E-state index in [0.717, 1.165) is 51.8 Å². The third kappa shape index (κ3) is 3.95. The normalized spacial score (nSPS) is 30.2. The Bertz CT molecular complexity index is 163. The molecular weight excluding hydrogens is 178 g/mol. The van der Waals surface area contributed by atoms with E-state index in [1.807, 2.05) is 0 Å². The van der Waals surface area contributed by atoms with Crippen molar-refractivity contribution in [1.82, 2.24) is 4.90 Å². The number of hydrogen-bond donors (Lipinski definition) is 1. The van der Waals surface area contributed by atoms with Gasteiger partial charge < -0.3 is 14.7 Å². The summed E-state index contributed by atoms with van der Waals surface area (Å²) in [6.45, 7) is 2.90. The van der Waals surface area contributed by atoms with Gasteiger partial charge in [-0.2, -0.15) is 0 Å². The Balaban J connectivity index is 2.31. The first-order chi connectivity index (χ1) is 6.66. The molecule has 0 aromatic carbocycles. The number of hydrogen-bond acceptors (Lipinski definition) is 3. The van der Waals surface area contributed by atoms with Crippen LogP contribution in [0, 0.1) is 0 Å². The van der Waals surface area contributed by atoms with Gasteiger partial charge in [0.1, 0.15) is 0 Å². The third-order valence-electron chi connectivity index (χ3n) is 3.13. The van der Waals surface area contributed by atoms with Crippen molar-refractivity contribution < 1.29 is 9.84 Å². The maximum absolute atomic E-state index is 10.3. The lowest BCUT2D eigenvalue weighted by Gasteiger charge is -2.26. The summed E-state index contributed by atoms with van der Waals surface area (Å²) < 4.78 is 5.01. The largest absolute Gasteiger partial charge is 0.390 e. The molecule has 1 heterocycles. The maximum Gasteiger partial charge on any atom is 0.0661 e. The van der Waals surface area contributed by atoms with E-state index in [1.54, 1.807) is 7.11 Å². The Morgan fingerprint density at radius 2 is 2.14 bits per heavy atom. The average Bonchev–Trinajstić information content (AvgIpc) is 2.30. The fraction of sp³-hybridized carbons (Fsp3) is 1.00. The van der Waals surface area contributed by atoms with E-state index in [4.69, 9.17) is 4.74 Å². The van der Waals surface area contributed by atoms with Crippen LogP contribution < -0.4 is 0 Å². The molecule has 1 rings (SSSR count). The minimum absolute atomic E-state index is 0.427. The quantitative estimate of drug-likeness (QED) is 0.695. The van der Waals surface area contributed by atoms with Crippen molar-refractivity contribution in [3.8, 4) is 0 Å². The smallest absolute Gasteiger partial charge is 0.0661 e. The van der Waals surface area contributed by atoms with Crippen LogP contribution in [0.1, 0.15) is 32.1 Å². The molecule has 1 saturated heterocycles. The summed E-state index contributed by atoms with van der Waals surface area (Å²) in [7, 11) is 3.84. The van der Waals surface area contributed by atoms with E-state index in [-0.39, 0.29) is 0 Å². The molecule has 14 heavy (non-hydrogen) atoms. The van der Waals surface area contributed by atoms with Crippen LogP contribution in [0.2, 0.25) is 0 Å². The van der Waals surface area contributed by atoms with Crippen molar-refractivity contribution in [1.29, 1.82) is 0 Å². The summed E-state index contributed by atoms with van der Waals surface area (Å²) in [5, 5.41) is 10.3. The zero-order chi connectivity index (χ0) is 10.4. The number of aliphatic hydroxyl groups is 1. The van der Waals surface area contributed by atoms with Crippen molar-refractivity contribution >= 4 is 0 Å². The van der Waals surface area contributed by atoms with Crippen LogP contribution in [-0.2, 0) is 4.74 Å². The van der Waals surface area contributed by atoms with E-state index in [1.165, 1.54) is 0 Å². The molecule has 84 valence electrons. The van der Waals surface area contributed by atoms with Gasteiger partial charge in [-0.3, -0.25) is 0 Å². The minimum Gasteiger partial charge on any atom is -0.390 e. The SMILES string of the molecule is COCCCC1(O)CCCN(C)CC1. The molecule has 1 fully saturated rings. The van der Waals surface area contributed by atoms with Crippen LogP contribution in [0.25, 0.3) is 0 Å². The molecule has 0 saturated carbocycles. The highest BCUT2D eigenvalue weighted by Crippen LogP contribution is 2.26. The maximum atomic E-state index is 10.3. The first kappa shape index (κ1) is 12.0. The molecule has 0 aliphatic carbocycles. The lowest BCUT2D eigenvalue weighted by Crippen LogP contribution is -2.30. The molecule has 0 aromatic rings. The molecule has 0 spiro atoms. The van der Waals surface area contributed by atoms with Gasteiger partial charge in [0.15, 0.2) is 0 Å². The van der Waals surface area contributed by atoms with E-state index in [9.17, 15) is 5.11 Å². The molecule has 0 radical (unpaired) electrons. The third-order valence-corrected chi connectivity index (χ3v) is 3.13. The van der Waals surface area contributed by atoms with Crippen LogP contribution >= 0.6 is 0 Å². The number of methoxy groups -OCH3 is 1. The van der Waals surface area contributed by atoms with Crippen molar-refractivity contribution in [3.63, 3.8) is 0 Å². The number of nitrogens with zero attached hydrogens (tertiary/aromatic N) is 1. The highest BCUT2D eigenvalue weighted by molar-refractivity contribution is 4.82. The zero-order valence-electron chi connectivity index (χ0n) is 9.46. The molecule has 1 aliphatic heterocycles. The predicted molar refractivity (Wildman–Crippen MR) is 57.4 cm³/mol.